The lowest BCUT2D eigenvalue weighted by atomic mass is 10.1. The van der Waals surface area contributed by atoms with Crippen molar-refractivity contribution in [3.8, 4) is 0 Å². The smallest absolute Gasteiger partial charge is 0.151 e. The average molecular weight is 424 g/mol. The quantitative estimate of drug-likeness (QED) is 0.271. The summed E-state index contributed by atoms with van der Waals surface area (Å²) in [6, 6.07) is 0. The van der Waals surface area contributed by atoms with Crippen molar-refractivity contribution in [2.75, 3.05) is 5.75 Å². The van der Waals surface area contributed by atoms with Crippen molar-refractivity contribution in [1.82, 2.24) is 0 Å². The first-order valence-corrected chi connectivity index (χ1v) is 7.40. The minimum absolute atomic E-state index is 0. The Bertz CT molecular complexity index is 230. The molecule has 0 heterocycles. The normalized spacial score (nSPS) is 10.9. The summed E-state index contributed by atoms with van der Waals surface area (Å²) in [7, 11) is 0. The highest BCUT2D eigenvalue weighted by Gasteiger charge is 2.11. The van der Waals surface area contributed by atoms with Gasteiger partial charge in [-0.1, -0.05) is 56.1 Å². The summed E-state index contributed by atoms with van der Waals surface area (Å²) in [5.74, 6) is 0.770. The number of hydrogen-bond donors (Lipinski definition) is 4. The number of amidine groups is 2. The Morgan fingerprint density at radius 3 is 2.11 bits per heavy atom. The molecular formula is C10H24Br2N4S2. The van der Waals surface area contributed by atoms with Crippen LogP contribution in [0.3, 0.4) is 0 Å². The predicted octanol–water partition coefficient (Wildman–Crippen LogP) is 3.73. The van der Waals surface area contributed by atoms with Gasteiger partial charge in [0.05, 0.1) is 0 Å². The third-order valence-electron chi connectivity index (χ3n) is 2.10. The molecule has 0 fully saturated rings. The van der Waals surface area contributed by atoms with Crippen molar-refractivity contribution < 1.29 is 0 Å². The standard InChI is InChI=1S/C10H22N4S2.2BrH/c1-2-3-4-5-6-8(16-10(13)14)7-15-9(11)12;;/h8H,2-7H2,1H3,(H3,11,12)(H3,13,14);2*1H. The second-order valence-corrected chi connectivity index (χ2v) is 6.03. The van der Waals surface area contributed by atoms with Crippen LogP contribution in [0.4, 0.5) is 0 Å². The fourth-order valence-electron chi connectivity index (χ4n) is 1.34. The van der Waals surface area contributed by atoms with Crippen LogP contribution in [0.15, 0.2) is 0 Å². The molecule has 4 nitrogen and oxygen atoms in total. The Morgan fingerprint density at radius 2 is 1.67 bits per heavy atom. The molecule has 0 saturated carbocycles. The molecule has 0 aliphatic carbocycles. The number of nitrogens with two attached hydrogens (primary N) is 2. The number of unbranched alkanes of at least 4 members (excludes halogenated alkanes) is 3. The van der Waals surface area contributed by atoms with E-state index in [1.54, 1.807) is 0 Å². The predicted molar refractivity (Wildman–Crippen MR) is 97.1 cm³/mol. The SMILES string of the molecule is Br.Br.CCCCCCC(CSC(=N)N)SC(=N)N. The minimum Gasteiger partial charge on any atom is -0.379 e. The third-order valence-corrected chi connectivity index (χ3v) is 4.18. The fraction of sp³-hybridized carbons (Fsp3) is 0.800. The first-order chi connectivity index (χ1) is 7.56. The maximum atomic E-state index is 7.27. The van der Waals surface area contributed by atoms with Gasteiger partial charge in [0.25, 0.3) is 0 Å². The van der Waals surface area contributed by atoms with Gasteiger partial charge in [0.1, 0.15) is 0 Å². The highest BCUT2D eigenvalue weighted by atomic mass is 79.9. The van der Waals surface area contributed by atoms with Gasteiger partial charge < -0.3 is 11.5 Å². The van der Waals surface area contributed by atoms with E-state index in [0.29, 0.717) is 5.25 Å². The van der Waals surface area contributed by atoms with Crippen LogP contribution in [0.2, 0.25) is 0 Å². The molecule has 0 aromatic carbocycles. The lowest BCUT2D eigenvalue weighted by Crippen LogP contribution is -2.17. The van der Waals surface area contributed by atoms with Crippen LogP contribution in [0.1, 0.15) is 39.0 Å². The lowest BCUT2D eigenvalue weighted by Gasteiger charge is -2.14. The van der Waals surface area contributed by atoms with Crippen LogP contribution < -0.4 is 11.5 Å². The van der Waals surface area contributed by atoms with E-state index in [9.17, 15) is 0 Å². The molecule has 6 N–H and O–H groups in total. The van der Waals surface area contributed by atoms with Gasteiger partial charge in [-0.3, -0.25) is 10.8 Å². The molecule has 8 heteroatoms. The van der Waals surface area contributed by atoms with Gasteiger partial charge in [0, 0.05) is 11.0 Å². The number of nitrogens with one attached hydrogen (secondary N) is 2. The molecule has 0 amide bonds. The van der Waals surface area contributed by atoms with Crippen LogP contribution in [0, 0.1) is 10.8 Å². The Kier molecular flexibility index (Phi) is 20.6. The number of rotatable bonds is 8. The molecule has 0 aromatic rings. The first-order valence-electron chi connectivity index (χ1n) is 5.53. The van der Waals surface area contributed by atoms with E-state index >= 15 is 0 Å². The molecule has 18 heavy (non-hydrogen) atoms. The van der Waals surface area contributed by atoms with Crippen molar-refractivity contribution in [3.05, 3.63) is 0 Å². The second kappa shape index (κ2) is 15.7. The summed E-state index contributed by atoms with van der Waals surface area (Å²) in [4.78, 5) is 0. The van der Waals surface area contributed by atoms with Crippen LogP contribution in [-0.4, -0.2) is 21.3 Å². The summed E-state index contributed by atoms with van der Waals surface area (Å²) < 4.78 is 0. The van der Waals surface area contributed by atoms with Crippen molar-refractivity contribution >= 4 is 67.8 Å². The molecule has 1 unspecified atom stereocenters. The maximum Gasteiger partial charge on any atom is 0.151 e. The topological polar surface area (TPSA) is 99.7 Å². The highest BCUT2D eigenvalue weighted by molar-refractivity contribution is 8.93. The van der Waals surface area contributed by atoms with E-state index in [0.717, 1.165) is 18.6 Å². The molecule has 0 saturated heterocycles. The first kappa shape index (κ1) is 23.7. The van der Waals surface area contributed by atoms with E-state index in [1.165, 1.54) is 42.8 Å². The Balaban J connectivity index is -0.00000112. The molecule has 0 rings (SSSR count). The third kappa shape index (κ3) is 16.6. The monoisotopic (exact) mass is 422 g/mol. The van der Waals surface area contributed by atoms with E-state index < -0.39 is 0 Å². The van der Waals surface area contributed by atoms with Crippen LogP contribution in [0.25, 0.3) is 0 Å². The molecule has 0 aromatic heterocycles. The van der Waals surface area contributed by atoms with Gasteiger partial charge in [-0.15, -0.1) is 34.0 Å². The number of hydrogen-bond acceptors (Lipinski definition) is 4. The van der Waals surface area contributed by atoms with Gasteiger partial charge in [0.15, 0.2) is 10.3 Å². The zero-order chi connectivity index (χ0) is 12.4. The Hall–Kier alpha value is 0.600. The summed E-state index contributed by atoms with van der Waals surface area (Å²) >= 11 is 2.72. The molecule has 0 aliphatic heterocycles. The van der Waals surface area contributed by atoms with Gasteiger partial charge in [-0.05, 0) is 6.42 Å². The van der Waals surface area contributed by atoms with E-state index in [4.69, 9.17) is 22.3 Å². The van der Waals surface area contributed by atoms with Crippen molar-refractivity contribution in [2.24, 2.45) is 11.5 Å². The average Bonchev–Trinajstić information content (AvgIpc) is 2.19. The maximum absolute atomic E-state index is 7.27. The highest BCUT2D eigenvalue weighted by Crippen LogP contribution is 2.21. The second-order valence-electron chi connectivity index (χ2n) is 3.63. The molecule has 1 atom stereocenters. The summed E-state index contributed by atoms with van der Waals surface area (Å²) in [5, 5.41) is 15.0. The van der Waals surface area contributed by atoms with Crippen molar-refractivity contribution in [2.45, 2.75) is 44.3 Å². The molecule has 0 aliphatic rings. The van der Waals surface area contributed by atoms with Crippen LogP contribution in [0.5, 0.6) is 0 Å². The van der Waals surface area contributed by atoms with Crippen LogP contribution in [-0.2, 0) is 0 Å². The summed E-state index contributed by atoms with van der Waals surface area (Å²) in [6.07, 6.45) is 5.93. The Labute approximate surface area is 139 Å². The molecule has 0 bridgehead atoms. The zero-order valence-electron chi connectivity index (χ0n) is 10.6. The summed E-state index contributed by atoms with van der Waals surface area (Å²) in [6.45, 7) is 2.19. The van der Waals surface area contributed by atoms with Gasteiger partial charge in [0.2, 0.25) is 0 Å². The zero-order valence-corrected chi connectivity index (χ0v) is 15.7. The number of thioether (sulfide) groups is 2. The van der Waals surface area contributed by atoms with Crippen molar-refractivity contribution in [3.63, 3.8) is 0 Å². The van der Waals surface area contributed by atoms with E-state index in [-0.39, 0.29) is 44.3 Å². The van der Waals surface area contributed by atoms with Gasteiger partial charge >= 0.3 is 0 Å². The summed E-state index contributed by atoms with van der Waals surface area (Å²) in [5.41, 5.74) is 10.7. The van der Waals surface area contributed by atoms with E-state index in [1.807, 2.05) is 0 Å². The Morgan fingerprint density at radius 1 is 1.06 bits per heavy atom. The molecule has 0 spiro atoms. The minimum atomic E-state index is 0. The largest absolute Gasteiger partial charge is 0.379 e. The van der Waals surface area contributed by atoms with E-state index in [2.05, 4.69) is 6.92 Å². The van der Waals surface area contributed by atoms with Crippen molar-refractivity contribution in [1.29, 1.82) is 10.8 Å². The molecule has 110 valence electrons. The van der Waals surface area contributed by atoms with Crippen LogP contribution >= 0.6 is 57.5 Å². The molecule has 0 radical (unpaired) electrons. The lowest BCUT2D eigenvalue weighted by molar-refractivity contribution is 0.633. The molecular weight excluding hydrogens is 400 g/mol. The fourth-order valence-corrected chi connectivity index (χ4v) is 2.99. The van der Waals surface area contributed by atoms with Gasteiger partial charge in [-0.2, -0.15) is 0 Å². The van der Waals surface area contributed by atoms with Gasteiger partial charge in [-0.25, -0.2) is 0 Å². The number of halogens is 2.